The number of para-hydroxylation sites is 1. The van der Waals surface area contributed by atoms with Crippen LogP contribution in [0.1, 0.15) is 34.2 Å². The van der Waals surface area contributed by atoms with Crippen molar-refractivity contribution >= 4 is 17.3 Å². The van der Waals surface area contributed by atoms with Gasteiger partial charge in [0.2, 0.25) is 0 Å². The summed E-state index contributed by atoms with van der Waals surface area (Å²) in [5.74, 6) is 0.597. The Balaban J connectivity index is 1.21. The van der Waals surface area contributed by atoms with Crippen LogP contribution in [0.25, 0.3) is 0 Å². The van der Waals surface area contributed by atoms with Gasteiger partial charge in [-0.25, -0.2) is 0 Å². The molecular formula is C26H29N3O3. The predicted octanol–water partition coefficient (Wildman–Crippen LogP) is 4.00. The zero-order chi connectivity index (χ0) is 21.9. The van der Waals surface area contributed by atoms with Crippen molar-refractivity contribution in [2.75, 3.05) is 36.1 Å². The van der Waals surface area contributed by atoms with Crippen LogP contribution in [0.15, 0.2) is 65.3 Å². The lowest BCUT2D eigenvalue weighted by Crippen LogP contribution is -2.36. The highest BCUT2D eigenvalue weighted by molar-refractivity contribution is 5.95. The van der Waals surface area contributed by atoms with Crippen molar-refractivity contribution in [2.24, 2.45) is 0 Å². The maximum atomic E-state index is 12.9. The topological polar surface area (TPSA) is 58.0 Å². The first-order valence-corrected chi connectivity index (χ1v) is 11.3. The van der Waals surface area contributed by atoms with E-state index in [-0.39, 0.29) is 5.91 Å². The van der Waals surface area contributed by atoms with Crippen LogP contribution >= 0.6 is 0 Å². The Morgan fingerprint density at radius 1 is 1.06 bits per heavy atom. The van der Waals surface area contributed by atoms with E-state index in [1.165, 1.54) is 16.9 Å². The fraction of sp³-hybridized carbons (Fsp3) is 0.346. The first-order valence-electron chi connectivity index (χ1n) is 11.3. The van der Waals surface area contributed by atoms with E-state index in [0.29, 0.717) is 30.5 Å². The van der Waals surface area contributed by atoms with E-state index < -0.39 is 0 Å². The lowest BCUT2D eigenvalue weighted by atomic mass is 10.1. The van der Waals surface area contributed by atoms with Gasteiger partial charge in [-0.15, -0.1) is 0 Å². The van der Waals surface area contributed by atoms with Crippen molar-refractivity contribution in [3.63, 3.8) is 0 Å². The van der Waals surface area contributed by atoms with Gasteiger partial charge in [0.05, 0.1) is 31.6 Å². The number of rotatable bonds is 6. The third kappa shape index (κ3) is 4.23. The third-order valence-electron chi connectivity index (χ3n) is 6.42. The van der Waals surface area contributed by atoms with Crippen LogP contribution in [0.3, 0.4) is 0 Å². The van der Waals surface area contributed by atoms with Gasteiger partial charge in [-0.3, -0.25) is 4.79 Å². The minimum atomic E-state index is -0.105. The third-order valence-corrected chi connectivity index (χ3v) is 6.42. The van der Waals surface area contributed by atoms with Crippen LogP contribution in [0, 0.1) is 0 Å². The molecule has 0 radical (unpaired) electrons. The van der Waals surface area contributed by atoms with Crippen molar-refractivity contribution in [1.29, 1.82) is 0 Å². The summed E-state index contributed by atoms with van der Waals surface area (Å²) >= 11 is 0. The number of nitrogens with one attached hydrogen (secondary N) is 1. The quantitative estimate of drug-likeness (QED) is 0.639. The summed E-state index contributed by atoms with van der Waals surface area (Å²) < 4.78 is 11.1. The Kier molecular flexibility index (Phi) is 5.86. The SMILES string of the molecule is CC1Cc2ccccc2N1Cc1occc1C(=O)NCc1ccc(N2CCOCC2)cc1. The number of carbonyl (C=O) groups excluding carboxylic acids is 1. The van der Waals surface area contributed by atoms with Gasteiger partial charge in [-0.05, 0) is 48.7 Å². The molecule has 3 aromatic rings. The molecule has 6 nitrogen and oxygen atoms in total. The summed E-state index contributed by atoms with van der Waals surface area (Å²) in [4.78, 5) is 17.5. The molecule has 1 unspecified atom stereocenters. The molecule has 2 aromatic carbocycles. The highest BCUT2D eigenvalue weighted by atomic mass is 16.5. The van der Waals surface area contributed by atoms with Gasteiger partial charge in [-0.1, -0.05) is 30.3 Å². The lowest BCUT2D eigenvalue weighted by Gasteiger charge is -2.28. The van der Waals surface area contributed by atoms with E-state index in [9.17, 15) is 4.79 Å². The number of morpholine rings is 1. The predicted molar refractivity (Wildman–Crippen MR) is 125 cm³/mol. The van der Waals surface area contributed by atoms with Crippen molar-refractivity contribution in [3.8, 4) is 0 Å². The second-order valence-corrected chi connectivity index (χ2v) is 8.52. The molecule has 3 heterocycles. The molecule has 0 aliphatic carbocycles. The standard InChI is InChI=1S/C26H29N3O3/c1-19-16-21-4-2-3-5-24(21)29(19)18-25-23(10-13-32-25)26(30)27-17-20-6-8-22(9-7-20)28-11-14-31-15-12-28/h2-10,13,19H,11-12,14-18H2,1H3,(H,27,30). The molecule has 2 aliphatic rings. The zero-order valence-corrected chi connectivity index (χ0v) is 18.4. The highest BCUT2D eigenvalue weighted by Crippen LogP contribution is 2.33. The second kappa shape index (κ2) is 9.09. The number of furan rings is 1. The summed E-state index contributed by atoms with van der Waals surface area (Å²) in [7, 11) is 0. The fourth-order valence-electron chi connectivity index (χ4n) is 4.61. The number of ether oxygens (including phenoxy) is 1. The number of carbonyl (C=O) groups is 1. The number of anilines is 2. The molecule has 1 saturated heterocycles. The molecule has 0 saturated carbocycles. The average molecular weight is 432 g/mol. The van der Waals surface area contributed by atoms with E-state index in [1.807, 2.05) is 0 Å². The number of amides is 1. The molecule has 2 aliphatic heterocycles. The smallest absolute Gasteiger partial charge is 0.255 e. The lowest BCUT2D eigenvalue weighted by molar-refractivity contribution is 0.0949. The highest BCUT2D eigenvalue weighted by Gasteiger charge is 2.28. The minimum absolute atomic E-state index is 0.105. The van der Waals surface area contributed by atoms with Crippen LogP contribution in [0.2, 0.25) is 0 Å². The number of benzene rings is 2. The second-order valence-electron chi connectivity index (χ2n) is 8.52. The van der Waals surface area contributed by atoms with Crippen molar-refractivity contribution in [1.82, 2.24) is 5.32 Å². The normalized spacial score (nSPS) is 18.0. The van der Waals surface area contributed by atoms with E-state index in [0.717, 1.165) is 38.3 Å². The molecule has 166 valence electrons. The molecule has 32 heavy (non-hydrogen) atoms. The maximum absolute atomic E-state index is 12.9. The van der Waals surface area contributed by atoms with Crippen molar-refractivity contribution in [2.45, 2.75) is 32.5 Å². The maximum Gasteiger partial charge on any atom is 0.255 e. The summed E-state index contributed by atoms with van der Waals surface area (Å²) in [6.45, 7) is 6.65. The van der Waals surface area contributed by atoms with Crippen molar-refractivity contribution in [3.05, 3.63) is 83.3 Å². The Morgan fingerprint density at radius 3 is 2.66 bits per heavy atom. The van der Waals surface area contributed by atoms with Crippen LogP contribution in [-0.4, -0.2) is 38.3 Å². The number of nitrogens with zero attached hydrogens (tertiary/aromatic N) is 2. The molecule has 6 heteroatoms. The molecule has 0 bridgehead atoms. The monoisotopic (exact) mass is 431 g/mol. The Labute approximate surface area is 188 Å². The molecule has 5 rings (SSSR count). The van der Waals surface area contributed by atoms with Crippen LogP contribution in [0.5, 0.6) is 0 Å². The first kappa shape index (κ1) is 20.6. The summed E-state index contributed by atoms with van der Waals surface area (Å²) in [6.07, 6.45) is 2.62. The number of hydrogen-bond donors (Lipinski definition) is 1. The molecule has 1 atom stereocenters. The van der Waals surface area contributed by atoms with Gasteiger partial charge >= 0.3 is 0 Å². The average Bonchev–Trinajstić information content (AvgIpc) is 3.43. The fourth-order valence-corrected chi connectivity index (χ4v) is 4.61. The molecular weight excluding hydrogens is 402 g/mol. The van der Waals surface area contributed by atoms with Gasteiger partial charge in [-0.2, -0.15) is 0 Å². The number of fused-ring (bicyclic) bond motifs is 1. The molecule has 1 N–H and O–H groups in total. The Morgan fingerprint density at radius 2 is 1.84 bits per heavy atom. The summed E-state index contributed by atoms with van der Waals surface area (Å²) in [5, 5.41) is 3.04. The Hall–Kier alpha value is -3.25. The minimum Gasteiger partial charge on any atom is -0.467 e. The van der Waals surface area contributed by atoms with Crippen LogP contribution in [0.4, 0.5) is 11.4 Å². The van der Waals surface area contributed by atoms with E-state index >= 15 is 0 Å². The van der Waals surface area contributed by atoms with Gasteiger partial charge < -0.3 is 24.3 Å². The molecule has 1 aromatic heterocycles. The van der Waals surface area contributed by atoms with Gasteiger partial charge in [0.1, 0.15) is 5.76 Å². The van der Waals surface area contributed by atoms with E-state index in [4.69, 9.17) is 9.15 Å². The van der Waals surface area contributed by atoms with Crippen LogP contribution < -0.4 is 15.1 Å². The van der Waals surface area contributed by atoms with E-state index in [2.05, 4.69) is 70.6 Å². The van der Waals surface area contributed by atoms with E-state index in [1.54, 1.807) is 12.3 Å². The Bertz CT molecular complexity index is 1070. The summed E-state index contributed by atoms with van der Waals surface area (Å²) in [6, 6.07) is 19.0. The largest absolute Gasteiger partial charge is 0.467 e. The number of hydrogen-bond acceptors (Lipinski definition) is 5. The zero-order valence-electron chi connectivity index (χ0n) is 18.4. The van der Waals surface area contributed by atoms with Gasteiger partial charge in [0.25, 0.3) is 5.91 Å². The summed E-state index contributed by atoms with van der Waals surface area (Å²) in [5.41, 5.74) is 5.44. The van der Waals surface area contributed by atoms with Gasteiger partial charge in [0, 0.05) is 37.1 Å². The van der Waals surface area contributed by atoms with Crippen molar-refractivity contribution < 1.29 is 13.9 Å². The molecule has 1 fully saturated rings. The van der Waals surface area contributed by atoms with Gasteiger partial charge in [0.15, 0.2) is 0 Å². The molecule has 1 amide bonds. The molecule has 0 spiro atoms. The first-order chi connectivity index (χ1) is 15.7. The van der Waals surface area contributed by atoms with Crippen LogP contribution in [-0.2, 0) is 24.2 Å².